The molecule has 1 heterocycles. The number of ether oxygens (including phenoxy) is 2. The zero-order valence-electron chi connectivity index (χ0n) is 20.2. The van der Waals surface area contributed by atoms with Crippen molar-refractivity contribution in [2.24, 2.45) is 0 Å². The molecule has 190 valence electrons. The average Bonchev–Trinajstić information content (AvgIpc) is 3.13. The first-order valence-corrected chi connectivity index (χ1v) is 12.8. The van der Waals surface area contributed by atoms with Crippen LogP contribution in [0.15, 0.2) is 78.2 Å². The zero-order valence-corrected chi connectivity index (χ0v) is 21.8. The summed E-state index contributed by atoms with van der Waals surface area (Å²) in [7, 11) is 0. The van der Waals surface area contributed by atoms with Gasteiger partial charge in [0, 0.05) is 10.6 Å². The number of carbonyl (C=O) groups excluding carboxylic acids is 2. The number of hydrogen-bond donors (Lipinski definition) is 0. The fourth-order valence-electron chi connectivity index (χ4n) is 3.80. The molecular weight excluding hydrogens is 513 g/mol. The van der Waals surface area contributed by atoms with Crippen molar-refractivity contribution in [3.05, 3.63) is 111 Å². The first-order chi connectivity index (χ1) is 17.9. The number of carbonyl (C=O) groups is 2. The third-order valence-corrected chi connectivity index (χ3v) is 6.70. The van der Waals surface area contributed by atoms with Gasteiger partial charge >= 0.3 is 0 Å². The molecule has 0 bridgehead atoms. The molecule has 8 heteroatoms. The monoisotopic (exact) mass is 537 g/mol. The lowest BCUT2D eigenvalue weighted by atomic mass is 10.0. The van der Waals surface area contributed by atoms with Crippen LogP contribution in [0.5, 0.6) is 11.5 Å². The number of hydrogen-bond acceptors (Lipinski definition) is 5. The van der Waals surface area contributed by atoms with Gasteiger partial charge in [0.05, 0.1) is 18.1 Å². The van der Waals surface area contributed by atoms with Crippen LogP contribution < -0.4 is 9.47 Å². The van der Waals surface area contributed by atoms with Crippen molar-refractivity contribution in [3.63, 3.8) is 0 Å². The summed E-state index contributed by atoms with van der Waals surface area (Å²) < 4.78 is 25.2. The molecular formula is C29H25ClFNO4S. The normalized spacial score (nSPS) is 14.4. The smallest absolute Gasteiger partial charge is 0.293 e. The minimum absolute atomic E-state index is 0.168. The van der Waals surface area contributed by atoms with Gasteiger partial charge in [-0.15, -0.1) is 6.58 Å². The summed E-state index contributed by atoms with van der Waals surface area (Å²) in [6, 6.07) is 16.8. The molecule has 0 aromatic heterocycles. The molecule has 3 aromatic rings. The van der Waals surface area contributed by atoms with Gasteiger partial charge in [0.2, 0.25) is 0 Å². The number of halogens is 2. The van der Waals surface area contributed by atoms with Crippen LogP contribution in [0.25, 0.3) is 6.08 Å². The number of amides is 2. The molecule has 1 fully saturated rings. The predicted octanol–water partition coefficient (Wildman–Crippen LogP) is 7.42. The van der Waals surface area contributed by atoms with Crippen LogP contribution in [0.1, 0.15) is 29.2 Å². The molecule has 0 spiro atoms. The Kier molecular flexibility index (Phi) is 8.69. The molecule has 0 aliphatic carbocycles. The summed E-state index contributed by atoms with van der Waals surface area (Å²) in [5.74, 6) is 0.396. The second-order valence-corrected chi connectivity index (χ2v) is 9.67. The van der Waals surface area contributed by atoms with Crippen molar-refractivity contribution in [2.75, 3.05) is 6.61 Å². The van der Waals surface area contributed by atoms with Gasteiger partial charge in [-0.2, -0.15) is 0 Å². The van der Waals surface area contributed by atoms with Crippen LogP contribution in [-0.2, 0) is 24.4 Å². The molecule has 1 aliphatic heterocycles. The summed E-state index contributed by atoms with van der Waals surface area (Å²) in [6.07, 6.45) is 3.93. The summed E-state index contributed by atoms with van der Waals surface area (Å²) in [6.45, 7) is 6.51. The van der Waals surface area contributed by atoms with Gasteiger partial charge in [0.25, 0.3) is 11.1 Å². The first-order valence-electron chi connectivity index (χ1n) is 11.7. The van der Waals surface area contributed by atoms with Crippen LogP contribution in [0.2, 0.25) is 5.02 Å². The summed E-state index contributed by atoms with van der Waals surface area (Å²) in [5, 5.41) is 0.255. The Morgan fingerprint density at radius 1 is 1.03 bits per heavy atom. The number of nitrogens with zero attached hydrogens (tertiary/aromatic N) is 1. The van der Waals surface area contributed by atoms with E-state index < -0.39 is 0 Å². The Bertz CT molecular complexity index is 1340. The lowest BCUT2D eigenvalue weighted by Crippen LogP contribution is -2.27. The van der Waals surface area contributed by atoms with E-state index in [4.69, 9.17) is 21.1 Å². The van der Waals surface area contributed by atoms with E-state index in [1.54, 1.807) is 54.6 Å². The molecule has 4 rings (SSSR count). The van der Waals surface area contributed by atoms with Crippen molar-refractivity contribution >= 4 is 40.6 Å². The van der Waals surface area contributed by atoms with Gasteiger partial charge in [-0.3, -0.25) is 14.5 Å². The van der Waals surface area contributed by atoms with Gasteiger partial charge in [-0.05, 0) is 84.3 Å². The van der Waals surface area contributed by atoms with E-state index in [-0.39, 0.29) is 30.1 Å². The van der Waals surface area contributed by atoms with Crippen molar-refractivity contribution in [3.8, 4) is 11.5 Å². The van der Waals surface area contributed by atoms with Crippen molar-refractivity contribution < 1.29 is 23.5 Å². The molecule has 0 unspecified atom stereocenters. The quantitative estimate of drug-likeness (QED) is 0.199. The third kappa shape index (κ3) is 6.61. The third-order valence-electron chi connectivity index (χ3n) is 5.54. The minimum atomic E-state index is -0.357. The first kappa shape index (κ1) is 26.5. The number of benzene rings is 3. The highest BCUT2D eigenvalue weighted by Crippen LogP contribution is 2.38. The van der Waals surface area contributed by atoms with Crippen LogP contribution in [0, 0.1) is 5.82 Å². The van der Waals surface area contributed by atoms with Crippen LogP contribution >= 0.6 is 23.4 Å². The Hall–Kier alpha value is -3.55. The maximum atomic E-state index is 13.3. The Balaban J connectivity index is 1.60. The topological polar surface area (TPSA) is 55.8 Å². The van der Waals surface area contributed by atoms with Crippen LogP contribution in [0.4, 0.5) is 9.18 Å². The predicted molar refractivity (Wildman–Crippen MR) is 145 cm³/mol. The van der Waals surface area contributed by atoms with Gasteiger partial charge in [0.1, 0.15) is 12.4 Å². The van der Waals surface area contributed by atoms with Crippen LogP contribution in [0.3, 0.4) is 0 Å². The van der Waals surface area contributed by atoms with Crippen molar-refractivity contribution in [2.45, 2.75) is 26.5 Å². The number of rotatable bonds is 10. The number of allylic oxidation sites excluding steroid dienone is 1. The maximum absolute atomic E-state index is 13.3. The number of thioether (sulfide) groups is 1. The molecule has 37 heavy (non-hydrogen) atoms. The van der Waals surface area contributed by atoms with E-state index in [0.717, 1.165) is 28.5 Å². The largest absolute Gasteiger partial charge is 0.490 e. The van der Waals surface area contributed by atoms with E-state index in [1.165, 1.54) is 17.0 Å². The molecule has 0 N–H and O–H groups in total. The second-order valence-electron chi connectivity index (χ2n) is 8.24. The molecule has 1 aliphatic rings. The second kappa shape index (κ2) is 12.1. The van der Waals surface area contributed by atoms with E-state index in [9.17, 15) is 14.0 Å². The van der Waals surface area contributed by atoms with Crippen molar-refractivity contribution in [1.29, 1.82) is 0 Å². The Morgan fingerprint density at radius 3 is 2.41 bits per heavy atom. The maximum Gasteiger partial charge on any atom is 0.293 e. The SMILES string of the molecule is C=CCc1cc(/C=C2/SC(=O)N(Cc3ccc(Cl)cc3)C2=O)cc(OCC)c1OCc1ccc(F)cc1. The van der Waals surface area contributed by atoms with Gasteiger partial charge in [0.15, 0.2) is 11.5 Å². The van der Waals surface area contributed by atoms with Gasteiger partial charge < -0.3 is 9.47 Å². The standard InChI is InChI=1S/C29H25ClFNO4S/c1-3-5-22-14-21(15-25(35-4-2)27(22)36-18-20-8-12-24(31)13-9-20)16-26-28(33)32(29(34)37-26)17-19-6-10-23(30)11-7-19/h3,6-16H,1,4-5,17-18H2,2H3/b26-16+. The highest BCUT2D eigenvalue weighted by atomic mass is 35.5. The molecule has 0 saturated carbocycles. The molecule has 1 saturated heterocycles. The van der Waals surface area contributed by atoms with Gasteiger partial charge in [-0.1, -0.05) is 41.9 Å². The Labute approximate surface area is 224 Å². The molecule has 2 amide bonds. The minimum Gasteiger partial charge on any atom is -0.490 e. The van der Waals surface area contributed by atoms with Gasteiger partial charge in [-0.25, -0.2) is 4.39 Å². The number of imide groups is 1. The highest BCUT2D eigenvalue weighted by molar-refractivity contribution is 8.18. The van der Waals surface area contributed by atoms with E-state index >= 15 is 0 Å². The van der Waals surface area contributed by atoms with Crippen LogP contribution in [-0.4, -0.2) is 22.7 Å². The Morgan fingerprint density at radius 2 is 1.73 bits per heavy atom. The highest BCUT2D eigenvalue weighted by Gasteiger charge is 2.35. The molecule has 0 radical (unpaired) electrons. The fraction of sp³-hybridized carbons (Fsp3) is 0.172. The summed E-state index contributed by atoms with van der Waals surface area (Å²) >= 11 is 6.84. The van der Waals surface area contributed by atoms with E-state index in [1.807, 2.05) is 13.0 Å². The molecule has 5 nitrogen and oxygen atoms in total. The lowest BCUT2D eigenvalue weighted by molar-refractivity contribution is -0.123. The fourth-order valence-corrected chi connectivity index (χ4v) is 4.76. The average molecular weight is 538 g/mol. The van der Waals surface area contributed by atoms with Crippen molar-refractivity contribution in [1.82, 2.24) is 4.90 Å². The summed E-state index contributed by atoms with van der Waals surface area (Å²) in [4.78, 5) is 27.2. The van der Waals surface area contributed by atoms with E-state index in [2.05, 4.69) is 6.58 Å². The van der Waals surface area contributed by atoms with E-state index in [0.29, 0.717) is 40.0 Å². The summed E-state index contributed by atoms with van der Waals surface area (Å²) in [5.41, 5.74) is 3.13. The lowest BCUT2D eigenvalue weighted by Gasteiger charge is -2.17. The zero-order chi connectivity index (χ0) is 26.4. The molecule has 3 aromatic carbocycles. The molecule has 0 atom stereocenters.